The lowest BCUT2D eigenvalue weighted by Gasteiger charge is -2.24. The Bertz CT molecular complexity index is 253. The third-order valence-corrected chi connectivity index (χ3v) is 2.50. The average molecular weight is 210 g/mol. The first kappa shape index (κ1) is 13.9. The summed E-state index contributed by atoms with van der Waals surface area (Å²) in [5.74, 6) is -0.256. The Balaban J connectivity index is 4.21. The summed E-state index contributed by atoms with van der Waals surface area (Å²) < 4.78 is 5.22. The first-order chi connectivity index (χ1) is 6.93. The van der Waals surface area contributed by atoms with E-state index in [1.165, 1.54) is 12.5 Å². The van der Waals surface area contributed by atoms with E-state index in [2.05, 4.69) is 26.5 Å². The highest BCUT2D eigenvalue weighted by Gasteiger charge is 2.22. The summed E-state index contributed by atoms with van der Waals surface area (Å²) in [4.78, 5) is 10.9. The van der Waals surface area contributed by atoms with Gasteiger partial charge in [-0.3, -0.25) is 4.79 Å². The summed E-state index contributed by atoms with van der Waals surface area (Å²) in [6.45, 7) is 11.3. The molecule has 0 aliphatic heterocycles. The van der Waals surface area contributed by atoms with Gasteiger partial charge in [-0.15, -0.1) is 0 Å². The van der Waals surface area contributed by atoms with Gasteiger partial charge < -0.3 is 4.74 Å². The van der Waals surface area contributed by atoms with Crippen LogP contribution in [-0.4, -0.2) is 11.6 Å². The molecule has 0 aromatic heterocycles. The zero-order chi connectivity index (χ0) is 11.9. The molecule has 1 unspecified atom stereocenters. The summed E-state index contributed by atoms with van der Waals surface area (Å²) in [5, 5.41) is 0. The van der Waals surface area contributed by atoms with Crippen molar-refractivity contribution >= 4 is 5.97 Å². The molecule has 2 heteroatoms. The second-order valence-electron chi connectivity index (χ2n) is 4.05. The van der Waals surface area contributed by atoms with Crippen LogP contribution in [0.25, 0.3) is 0 Å². The van der Waals surface area contributed by atoms with Crippen LogP contribution in [0.4, 0.5) is 0 Å². The van der Waals surface area contributed by atoms with Crippen LogP contribution in [0, 0.1) is 0 Å². The summed E-state index contributed by atoms with van der Waals surface area (Å²) in [6.07, 6.45) is 6.65. The van der Waals surface area contributed by atoms with Crippen LogP contribution in [0.15, 0.2) is 24.3 Å². The summed E-state index contributed by atoms with van der Waals surface area (Å²) >= 11 is 0. The van der Waals surface area contributed by atoms with E-state index in [9.17, 15) is 4.79 Å². The van der Waals surface area contributed by atoms with Crippen molar-refractivity contribution in [3.63, 3.8) is 0 Å². The van der Waals surface area contributed by atoms with Crippen molar-refractivity contribution < 1.29 is 9.53 Å². The Morgan fingerprint density at radius 1 is 1.47 bits per heavy atom. The Morgan fingerprint density at radius 2 is 2.07 bits per heavy atom. The molecule has 0 saturated carbocycles. The molecule has 86 valence electrons. The molecule has 0 spiro atoms. The molecule has 0 radical (unpaired) electrons. The van der Waals surface area contributed by atoms with Crippen LogP contribution in [0.5, 0.6) is 0 Å². The molecule has 0 aromatic rings. The van der Waals surface area contributed by atoms with Gasteiger partial charge in [0.05, 0.1) is 0 Å². The van der Waals surface area contributed by atoms with Gasteiger partial charge >= 0.3 is 5.97 Å². The fourth-order valence-electron chi connectivity index (χ4n) is 1.27. The normalized spacial score (nSPS) is 15.6. The predicted molar refractivity (Wildman–Crippen MR) is 63.7 cm³/mol. The smallest absolute Gasteiger partial charge is 0.303 e. The number of ether oxygens (including phenoxy) is 1. The minimum atomic E-state index is -0.531. The lowest BCUT2D eigenvalue weighted by molar-refractivity contribution is -0.151. The standard InChI is InChI=1S/C13H22O2/c1-6-11(3)9-8-10-13(5,7-2)15-12(4)14/h7,9H,2,6,8,10H2,1,3-5H3/b11-9-. The number of hydrogen-bond donors (Lipinski definition) is 0. The van der Waals surface area contributed by atoms with Gasteiger partial charge in [0, 0.05) is 6.92 Å². The van der Waals surface area contributed by atoms with E-state index in [1.54, 1.807) is 6.08 Å². The number of esters is 1. The van der Waals surface area contributed by atoms with E-state index in [1.807, 2.05) is 6.92 Å². The molecular weight excluding hydrogens is 188 g/mol. The third-order valence-electron chi connectivity index (χ3n) is 2.50. The first-order valence-corrected chi connectivity index (χ1v) is 5.42. The monoisotopic (exact) mass is 210 g/mol. The van der Waals surface area contributed by atoms with E-state index in [0.717, 1.165) is 19.3 Å². The van der Waals surface area contributed by atoms with Gasteiger partial charge in [-0.05, 0) is 39.2 Å². The Morgan fingerprint density at radius 3 is 2.47 bits per heavy atom. The minimum absolute atomic E-state index is 0.256. The van der Waals surface area contributed by atoms with Crippen molar-refractivity contribution in [1.82, 2.24) is 0 Å². The number of rotatable bonds is 6. The largest absolute Gasteiger partial charge is 0.455 e. The van der Waals surface area contributed by atoms with Crippen molar-refractivity contribution in [3.8, 4) is 0 Å². The van der Waals surface area contributed by atoms with Gasteiger partial charge in [0.2, 0.25) is 0 Å². The van der Waals surface area contributed by atoms with E-state index in [0.29, 0.717) is 0 Å². The van der Waals surface area contributed by atoms with Gasteiger partial charge in [-0.1, -0.05) is 25.2 Å². The Hall–Kier alpha value is -1.05. The van der Waals surface area contributed by atoms with E-state index < -0.39 is 5.60 Å². The molecule has 1 atom stereocenters. The molecule has 0 amide bonds. The molecule has 15 heavy (non-hydrogen) atoms. The van der Waals surface area contributed by atoms with Gasteiger partial charge in [-0.2, -0.15) is 0 Å². The van der Waals surface area contributed by atoms with Crippen molar-refractivity contribution in [2.75, 3.05) is 0 Å². The van der Waals surface area contributed by atoms with Crippen LogP contribution >= 0.6 is 0 Å². The maximum absolute atomic E-state index is 10.9. The molecule has 0 N–H and O–H groups in total. The highest BCUT2D eigenvalue weighted by molar-refractivity contribution is 5.66. The molecule has 0 aliphatic carbocycles. The summed E-state index contributed by atoms with van der Waals surface area (Å²) in [7, 11) is 0. The Kier molecular flexibility index (Phi) is 5.99. The number of carbonyl (C=O) groups is 1. The second-order valence-corrected chi connectivity index (χ2v) is 4.05. The van der Waals surface area contributed by atoms with E-state index in [-0.39, 0.29) is 5.97 Å². The molecule has 0 saturated heterocycles. The zero-order valence-corrected chi connectivity index (χ0v) is 10.3. The molecule has 0 fully saturated rings. The van der Waals surface area contributed by atoms with E-state index in [4.69, 9.17) is 4.74 Å². The van der Waals surface area contributed by atoms with Crippen LogP contribution in [0.2, 0.25) is 0 Å². The fraction of sp³-hybridized carbons (Fsp3) is 0.615. The quantitative estimate of drug-likeness (QED) is 0.494. The van der Waals surface area contributed by atoms with Gasteiger partial charge in [0.1, 0.15) is 5.60 Å². The van der Waals surface area contributed by atoms with Gasteiger partial charge in [0.25, 0.3) is 0 Å². The lowest BCUT2D eigenvalue weighted by Crippen LogP contribution is -2.27. The van der Waals surface area contributed by atoms with Crippen LogP contribution in [0.3, 0.4) is 0 Å². The van der Waals surface area contributed by atoms with Crippen molar-refractivity contribution in [3.05, 3.63) is 24.3 Å². The lowest BCUT2D eigenvalue weighted by atomic mass is 9.99. The molecule has 2 nitrogen and oxygen atoms in total. The summed E-state index contributed by atoms with van der Waals surface area (Å²) in [6, 6.07) is 0. The van der Waals surface area contributed by atoms with Crippen molar-refractivity contribution in [2.24, 2.45) is 0 Å². The minimum Gasteiger partial charge on any atom is -0.455 e. The maximum atomic E-state index is 10.9. The van der Waals surface area contributed by atoms with Crippen molar-refractivity contribution in [1.29, 1.82) is 0 Å². The SMILES string of the molecule is C=CC(C)(CC/C=C(/C)CC)OC(C)=O. The second kappa shape index (κ2) is 6.44. The predicted octanol–water partition coefficient (Wildman–Crippen LogP) is 3.63. The van der Waals surface area contributed by atoms with Gasteiger partial charge in [0.15, 0.2) is 0 Å². The van der Waals surface area contributed by atoms with Crippen LogP contribution < -0.4 is 0 Å². The molecular formula is C13H22O2. The summed E-state index contributed by atoms with van der Waals surface area (Å²) in [5.41, 5.74) is 0.834. The topological polar surface area (TPSA) is 26.3 Å². The molecule has 0 heterocycles. The molecule has 0 aromatic carbocycles. The van der Waals surface area contributed by atoms with E-state index >= 15 is 0 Å². The first-order valence-electron chi connectivity index (χ1n) is 5.42. The average Bonchev–Trinajstić information content (AvgIpc) is 2.16. The zero-order valence-electron chi connectivity index (χ0n) is 10.3. The number of hydrogen-bond acceptors (Lipinski definition) is 2. The maximum Gasteiger partial charge on any atom is 0.303 e. The van der Waals surface area contributed by atoms with Crippen molar-refractivity contribution in [2.45, 2.75) is 52.6 Å². The highest BCUT2D eigenvalue weighted by Crippen LogP contribution is 2.20. The number of allylic oxidation sites excluding steroid dienone is 2. The van der Waals surface area contributed by atoms with Crippen LogP contribution in [0.1, 0.15) is 47.0 Å². The number of carbonyl (C=O) groups excluding carboxylic acids is 1. The fourth-order valence-corrected chi connectivity index (χ4v) is 1.27. The molecule has 0 rings (SSSR count). The Labute approximate surface area is 93.0 Å². The molecule has 0 aliphatic rings. The highest BCUT2D eigenvalue weighted by atomic mass is 16.6. The third kappa shape index (κ3) is 6.10. The van der Waals surface area contributed by atoms with Gasteiger partial charge in [-0.25, -0.2) is 0 Å². The van der Waals surface area contributed by atoms with Crippen LogP contribution in [-0.2, 0) is 9.53 Å². The molecule has 0 bridgehead atoms.